The number of hydrogen-bond acceptors (Lipinski definition) is 3. The van der Waals surface area contributed by atoms with E-state index in [-0.39, 0.29) is 18.4 Å². The predicted octanol–water partition coefficient (Wildman–Crippen LogP) is 2.12. The first-order valence-corrected chi connectivity index (χ1v) is 6.99. The van der Waals surface area contributed by atoms with Crippen molar-refractivity contribution in [2.75, 3.05) is 13.7 Å². The number of ether oxygens (including phenoxy) is 1. The maximum Gasteiger partial charge on any atom is 0.225 e. The highest BCUT2D eigenvalue weighted by atomic mass is 35.5. The Kier molecular flexibility index (Phi) is 5.36. The van der Waals surface area contributed by atoms with Crippen molar-refractivity contribution in [1.82, 2.24) is 15.1 Å². The second-order valence-corrected chi connectivity index (χ2v) is 5.13. The van der Waals surface area contributed by atoms with Gasteiger partial charge in [0.2, 0.25) is 5.91 Å². The van der Waals surface area contributed by atoms with Crippen LogP contribution in [0, 0.1) is 0 Å². The largest absolute Gasteiger partial charge is 0.382 e. The number of nitrogens with one attached hydrogen (secondary N) is 1. The molecular weight excluding hydrogens is 290 g/mol. The average molecular weight is 308 g/mol. The lowest BCUT2D eigenvalue weighted by molar-refractivity contribution is -0.121. The fourth-order valence-corrected chi connectivity index (χ4v) is 2.36. The molecule has 5 nitrogen and oxygen atoms in total. The van der Waals surface area contributed by atoms with Gasteiger partial charge in [0, 0.05) is 25.4 Å². The second-order valence-electron chi connectivity index (χ2n) is 4.72. The maximum absolute atomic E-state index is 12.2. The lowest BCUT2D eigenvalue weighted by atomic mass is 10.1. The van der Waals surface area contributed by atoms with Gasteiger partial charge in [0.15, 0.2) is 0 Å². The Labute approximate surface area is 128 Å². The number of amides is 1. The van der Waals surface area contributed by atoms with Crippen LogP contribution < -0.4 is 5.32 Å². The summed E-state index contributed by atoms with van der Waals surface area (Å²) in [5, 5.41) is 7.66. The number of carbonyl (C=O) groups excluding carboxylic acids is 1. The lowest BCUT2D eigenvalue weighted by Gasteiger charge is -2.18. The fourth-order valence-electron chi connectivity index (χ4n) is 2.15. The van der Waals surface area contributed by atoms with Crippen molar-refractivity contribution in [3.8, 4) is 0 Å². The first-order chi connectivity index (χ1) is 10.1. The Bertz CT molecular complexity index is 612. The van der Waals surface area contributed by atoms with E-state index in [0.29, 0.717) is 11.6 Å². The molecule has 1 N–H and O–H groups in total. The Morgan fingerprint density at radius 1 is 1.43 bits per heavy atom. The Balaban J connectivity index is 2.05. The molecule has 1 aromatic heterocycles. The van der Waals surface area contributed by atoms with Crippen LogP contribution in [-0.4, -0.2) is 29.4 Å². The van der Waals surface area contributed by atoms with Crippen molar-refractivity contribution < 1.29 is 9.53 Å². The van der Waals surface area contributed by atoms with Gasteiger partial charge in [0.25, 0.3) is 0 Å². The highest BCUT2D eigenvalue weighted by Crippen LogP contribution is 2.17. The molecule has 112 valence electrons. The Morgan fingerprint density at radius 2 is 2.19 bits per heavy atom. The average Bonchev–Trinajstić information content (AvgIpc) is 2.87. The molecule has 21 heavy (non-hydrogen) atoms. The number of benzene rings is 1. The predicted molar refractivity (Wildman–Crippen MR) is 81.1 cm³/mol. The minimum atomic E-state index is -0.238. The van der Waals surface area contributed by atoms with Crippen molar-refractivity contribution in [3.63, 3.8) is 0 Å². The van der Waals surface area contributed by atoms with Gasteiger partial charge >= 0.3 is 0 Å². The molecule has 6 heteroatoms. The number of carbonyl (C=O) groups is 1. The molecule has 0 aliphatic rings. The summed E-state index contributed by atoms with van der Waals surface area (Å²) in [6, 6.07) is 8.95. The van der Waals surface area contributed by atoms with Gasteiger partial charge in [-0.05, 0) is 17.7 Å². The molecule has 1 aromatic carbocycles. The van der Waals surface area contributed by atoms with E-state index in [1.807, 2.05) is 31.3 Å². The SMILES string of the molecule is COC[C@@H](NC(=O)Cc1ccccc1Cl)c1ccnn1C. The monoisotopic (exact) mass is 307 g/mol. The molecule has 0 unspecified atom stereocenters. The first-order valence-electron chi connectivity index (χ1n) is 6.61. The molecule has 0 aliphatic heterocycles. The van der Waals surface area contributed by atoms with Crippen LogP contribution in [0.25, 0.3) is 0 Å². The van der Waals surface area contributed by atoms with Crippen molar-refractivity contribution in [3.05, 3.63) is 52.8 Å². The Morgan fingerprint density at radius 3 is 2.81 bits per heavy atom. The molecule has 0 fully saturated rings. The van der Waals surface area contributed by atoms with Crippen molar-refractivity contribution >= 4 is 17.5 Å². The summed E-state index contributed by atoms with van der Waals surface area (Å²) in [7, 11) is 3.43. The number of aryl methyl sites for hydroxylation is 1. The molecular formula is C15H18ClN3O2. The molecule has 1 atom stereocenters. The maximum atomic E-state index is 12.2. The quantitative estimate of drug-likeness (QED) is 0.889. The summed E-state index contributed by atoms with van der Waals surface area (Å²) < 4.78 is 6.90. The van der Waals surface area contributed by atoms with Crippen LogP contribution in [0.5, 0.6) is 0 Å². The van der Waals surface area contributed by atoms with E-state index in [0.717, 1.165) is 11.3 Å². The van der Waals surface area contributed by atoms with Crippen molar-refractivity contribution in [2.24, 2.45) is 7.05 Å². The summed E-state index contributed by atoms with van der Waals surface area (Å²) in [5.41, 5.74) is 1.70. The number of rotatable bonds is 6. The van der Waals surface area contributed by atoms with E-state index < -0.39 is 0 Å². The second kappa shape index (κ2) is 7.24. The molecule has 1 amide bonds. The zero-order chi connectivity index (χ0) is 15.2. The molecule has 0 radical (unpaired) electrons. The van der Waals surface area contributed by atoms with E-state index in [2.05, 4.69) is 10.4 Å². The fraction of sp³-hybridized carbons (Fsp3) is 0.333. The zero-order valence-corrected chi connectivity index (χ0v) is 12.8. The van der Waals surface area contributed by atoms with Crippen LogP contribution in [0.2, 0.25) is 5.02 Å². The molecule has 2 aromatic rings. The van der Waals surface area contributed by atoms with E-state index in [9.17, 15) is 4.79 Å². The molecule has 0 bridgehead atoms. The van der Waals surface area contributed by atoms with Gasteiger partial charge in [0.1, 0.15) is 0 Å². The number of aromatic nitrogens is 2. The van der Waals surface area contributed by atoms with Crippen LogP contribution in [0.3, 0.4) is 0 Å². The van der Waals surface area contributed by atoms with Gasteiger partial charge < -0.3 is 10.1 Å². The van der Waals surface area contributed by atoms with Crippen LogP contribution in [-0.2, 0) is 23.0 Å². The molecule has 0 aliphatic carbocycles. The standard InChI is InChI=1S/C15H18ClN3O2/c1-19-14(7-8-17-19)13(10-21-2)18-15(20)9-11-5-3-4-6-12(11)16/h3-8,13H,9-10H2,1-2H3,(H,18,20)/t13-/m1/s1. The van der Waals surface area contributed by atoms with E-state index in [1.165, 1.54) is 0 Å². The number of hydrogen-bond donors (Lipinski definition) is 1. The van der Waals surface area contributed by atoms with Gasteiger partial charge in [-0.1, -0.05) is 29.8 Å². The smallest absolute Gasteiger partial charge is 0.225 e. The highest BCUT2D eigenvalue weighted by molar-refractivity contribution is 6.31. The highest BCUT2D eigenvalue weighted by Gasteiger charge is 2.18. The van der Waals surface area contributed by atoms with Crippen molar-refractivity contribution in [1.29, 1.82) is 0 Å². The van der Waals surface area contributed by atoms with Crippen LogP contribution >= 0.6 is 11.6 Å². The molecule has 0 spiro atoms. The Hall–Kier alpha value is -1.85. The number of halogens is 1. The first kappa shape index (κ1) is 15.5. The van der Waals surface area contributed by atoms with Crippen molar-refractivity contribution in [2.45, 2.75) is 12.5 Å². The van der Waals surface area contributed by atoms with E-state index in [1.54, 1.807) is 24.1 Å². The van der Waals surface area contributed by atoms with Crippen LogP contribution in [0.15, 0.2) is 36.5 Å². The molecule has 2 rings (SSSR count). The topological polar surface area (TPSA) is 56.1 Å². The van der Waals surface area contributed by atoms with Gasteiger partial charge in [-0.3, -0.25) is 9.48 Å². The van der Waals surface area contributed by atoms with E-state index in [4.69, 9.17) is 16.3 Å². The minimum Gasteiger partial charge on any atom is -0.382 e. The summed E-state index contributed by atoms with van der Waals surface area (Å²) in [4.78, 5) is 12.2. The van der Waals surface area contributed by atoms with Gasteiger partial charge in [0.05, 0.1) is 24.8 Å². The minimum absolute atomic E-state index is 0.105. The summed E-state index contributed by atoms with van der Waals surface area (Å²) in [5.74, 6) is -0.105. The molecule has 0 saturated heterocycles. The zero-order valence-electron chi connectivity index (χ0n) is 12.0. The van der Waals surface area contributed by atoms with Gasteiger partial charge in [-0.15, -0.1) is 0 Å². The van der Waals surface area contributed by atoms with Gasteiger partial charge in [-0.25, -0.2) is 0 Å². The summed E-state index contributed by atoms with van der Waals surface area (Å²) in [6.07, 6.45) is 1.93. The van der Waals surface area contributed by atoms with Crippen LogP contribution in [0.4, 0.5) is 0 Å². The third-order valence-corrected chi connectivity index (χ3v) is 3.56. The number of nitrogens with zero attached hydrogens (tertiary/aromatic N) is 2. The summed E-state index contributed by atoms with van der Waals surface area (Å²) in [6.45, 7) is 0.383. The third-order valence-electron chi connectivity index (χ3n) is 3.19. The summed E-state index contributed by atoms with van der Waals surface area (Å²) >= 11 is 6.07. The van der Waals surface area contributed by atoms with Gasteiger partial charge in [-0.2, -0.15) is 5.10 Å². The molecule has 1 heterocycles. The molecule has 0 saturated carbocycles. The third kappa shape index (κ3) is 4.06. The van der Waals surface area contributed by atoms with E-state index >= 15 is 0 Å². The normalized spacial score (nSPS) is 12.1. The lowest BCUT2D eigenvalue weighted by Crippen LogP contribution is -2.33. The van der Waals surface area contributed by atoms with Crippen LogP contribution in [0.1, 0.15) is 17.3 Å². The number of methoxy groups -OCH3 is 1.